The number of hydrogen-bond donors (Lipinski definition) is 2. The molecule has 0 saturated heterocycles. The average Bonchev–Trinajstić information content (AvgIpc) is 2.89. The van der Waals surface area contributed by atoms with Crippen molar-refractivity contribution in [3.63, 3.8) is 0 Å². The number of fused-ring (bicyclic) bond motifs is 1. The van der Waals surface area contributed by atoms with Gasteiger partial charge in [0.25, 0.3) is 11.8 Å². The molecule has 0 radical (unpaired) electrons. The van der Waals surface area contributed by atoms with Crippen LogP contribution in [-0.4, -0.2) is 34.8 Å². The average molecular weight is 330 g/mol. The van der Waals surface area contributed by atoms with Crippen LogP contribution in [-0.2, 0) is 11.3 Å². The fraction of sp³-hybridized carbons (Fsp3) is 0.312. The number of carbonyl (C=O) groups excluding carboxylic acids is 2. The smallest absolute Gasteiger partial charge is 0.269 e. The van der Waals surface area contributed by atoms with E-state index in [1.807, 2.05) is 19.9 Å². The monoisotopic (exact) mass is 330 g/mol. The Kier molecular flexibility index (Phi) is 4.37. The summed E-state index contributed by atoms with van der Waals surface area (Å²) >= 11 is 0. The maximum absolute atomic E-state index is 12.1. The van der Waals surface area contributed by atoms with Crippen LogP contribution in [0.2, 0.25) is 0 Å². The molecular formula is C16H18N4O4. The molecule has 0 fully saturated rings. The van der Waals surface area contributed by atoms with Crippen molar-refractivity contribution in [2.45, 2.75) is 20.4 Å². The van der Waals surface area contributed by atoms with Gasteiger partial charge in [-0.25, -0.2) is 0 Å². The highest BCUT2D eigenvalue weighted by molar-refractivity contribution is 5.96. The van der Waals surface area contributed by atoms with Crippen LogP contribution in [0, 0.1) is 13.8 Å². The zero-order valence-electron chi connectivity index (χ0n) is 13.5. The van der Waals surface area contributed by atoms with Crippen LogP contribution in [0.4, 0.5) is 0 Å². The zero-order valence-corrected chi connectivity index (χ0v) is 13.5. The van der Waals surface area contributed by atoms with Gasteiger partial charge in [0, 0.05) is 11.3 Å². The van der Waals surface area contributed by atoms with E-state index in [0.29, 0.717) is 30.3 Å². The Labute approximate surface area is 138 Å². The second kappa shape index (κ2) is 6.61. The lowest BCUT2D eigenvalue weighted by Gasteiger charge is -2.18. The maximum atomic E-state index is 12.1. The van der Waals surface area contributed by atoms with Crippen LogP contribution < -0.4 is 20.3 Å². The third kappa shape index (κ3) is 3.48. The van der Waals surface area contributed by atoms with E-state index < -0.39 is 5.91 Å². The third-order valence-corrected chi connectivity index (χ3v) is 3.52. The van der Waals surface area contributed by atoms with Gasteiger partial charge in [0.15, 0.2) is 11.5 Å². The van der Waals surface area contributed by atoms with Gasteiger partial charge in [0.1, 0.15) is 19.8 Å². The Hall–Kier alpha value is -3.03. The van der Waals surface area contributed by atoms with Gasteiger partial charge in [-0.2, -0.15) is 5.10 Å². The van der Waals surface area contributed by atoms with Gasteiger partial charge in [0.05, 0.1) is 5.69 Å². The van der Waals surface area contributed by atoms with Crippen molar-refractivity contribution in [3.05, 3.63) is 41.2 Å². The lowest BCUT2D eigenvalue weighted by atomic mass is 10.2. The van der Waals surface area contributed by atoms with Gasteiger partial charge in [-0.1, -0.05) is 0 Å². The van der Waals surface area contributed by atoms with Gasteiger partial charge in [-0.15, -0.1) is 0 Å². The zero-order chi connectivity index (χ0) is 17.1. The molecule has 2 aromatic rings. The molecule has 126 valence electrons. The SMILES string of the molecule is Cc1cc(C)n(CC(=O)NNC(=O)c2ccc3c(c2)OCCO3)n1. The first kappa shape index (κ1) is 15.9. The van der Waals surface area contributed by atoms with Crippen molar-refractivity contribution >= 4 is 11.8 Å². The number of ether oxygens (including phenoxy) is 2. The molecule has 1 aromatic heterocycles. The molecule has 2 amide bonds. The minimum Gasteiger partial charge on any atom is -0.486 e. The summed E-state index contributed by atoms with van der Waals surface area (Å²) in [6, 6.07) is 6.73. The molecule has 0 unspecified atom stereocenters. The first-order valence-corrected chi connectivity index (χ1v) is 7.53. The normalized spacial score (nSPS) is 12.6. The third-order valence-electron chi connectivity index (χ3n) is 3.52. The lowest BCUT2D eigenvalue weighted by molar-refractivity contribution is -0.122. The summed E-state index contributed by atoms with van der Waals surface area (Å²) in [5.74, 6) is 0.315. The molecule has 2 N–H and O–H groups in total. The largest absolute Gasteiger partial charge is 0.486 e. The first-order valence-electron chi connectivity index (χ1n) is 7.53. The highest BCUT2D eigenvalue weighted by Gasteiger charge is 2.15. The molecule has 1 aliphatic rings. The summed E-state index contributed by atoms with van der Waals surface area (Å²) in [7, 11) is 0. The van der Waals surface area contributed by atoms with E-state index >= 15 is 0 Å². The number of hydrazine groups is 1. The summed E-state index contributed by atoms with van der Waals surface area (Å²) in [4.78, 5) is 24.0. The summed E-state index contributed by atoms with van der Waals surface area (Å²) in [6.45, 7) is 4.67. The molecule has 0 saturated carbocycles. The summed E-state index contributed by atoms with van der Waals surface area (Å²) in [5.41, 5.74) is 6.83. The fourth-order valence-electron chi connectivity index (χ4n) is 2.39. The van der Waals surface area contributed by atoms with Gasteiger partial charge in [0.2, 0.25) is 0 Å². The van der Waals surface area contributed by atoms with Gasteiger partial charge < -0.3 is 9.47 Å². The van der Waals surface area contributed by atoms with Crippen molar-refractivity contribution < 1.29 is 19.1 Å². The molecular weight excluding hydrogens is 312 g/mol. The van der Waals surface area contributed by atoms with E-state index in [1.54, 1.807) is 22.9 Å². The first-order chi connectivity index (χ1) is 11.5. The second-order valence-electron chi connectivity index (χ2n) is 5.45. The van der Waals surface area contributed by atoms with Crippen molar-refractivity contribution in [3.8, 4) is 11.5 Å². The van der Waals surface area contributed by atoms with Crippen LogP contribution >= 0.6 is 0 Å². The van der Waals surface area contributed by atoms with Crippen LogP contribution in [0.15, 0.2) is 24.3 Å². The molecule has 1 aromatic carbocycles. The Bertz CT molecular complexity index is 784. The predicted molar refractivity (Wildman–Crippen MR) is 84.7 cm³/mol. The highest BCUT2D eigenvalue weighted by atomic mass is 16.6. The molecule has 1 aliphatic heterocycles. The van der Waals surface area contributed by atoms with Gasteiger partial charge >= 0.3 is 0 Å². The summed E-state index contributed by atoms with van der Waals surface area (Å²) in [5, 5.41) is 4.20. The minimum absolute atomic E-state index is 0.0289. The quantitative estimate of drug-likeness (QED) is 0.809. The summed E-state index contributed by atoms with van der Waals surface area (Å²) < 4.78 is 12.4. The Morgan fingerprint density at radius 2 is 1.88 bits per heavy atom. The number of carbonyl (C=O) groups is 2. The van der Waals surface area contributed by atoms with E-state index in [9.17, 15) is 9.59 Å². The van der Waals surface area contributed by atoms with Crippen LogP contribution in [0.3, 0.4) is 0 Å². The van der Waals surface area contributed by atoms with Gasteiger partial charge in [-0.05, 0) is 38.1 Å². The van der Waals surface area contributed by atoms with Crippen LogP contribution in [0.25, 0.3) is 0 Å². The Morgan fingerprint density at radius 3 is 2.58 bits per heavy atom. The van der Waals surface area contributed by atoms with E-state index in [2.05, 4.69) is 16.0 Å². The lowest BCUT2D eigenvalue weighted by Crippen LogP contribution is -2.43. The number of nitrogens with zero attached hydrogens (tertiary/aromatic N) is 2. The second-order valence-corrected chi connectivity index (χ2v) is 5.45. The van der Waals surface area contributed by atoms with E-state index in [0.717, 1.165) is 11.4 Å². The minimum atomic E-state index is -0.436. The number of benzene rings is 1. The Balaban J connectivity index is 1.57. The van der Waals surface area contributed by atoms with Crippen molar-refractivity contribution in [2.24, 2.45) is 0 Å². The number of aromatic nitrogens is 2. The van der Waals surface area contributed by atoms with Crippen molar-refractivity contribution in [1.29, 1.82) is 0 Å². The van der Waals surface area contributed by atoms with Crippen LogP contribution in [0.1, 0.15) is 21.7 Å². The molecule has 0 aliphatic carbocycles. The molecule has 2 heterocycles. The topological polar surface area (TPSA) is 94.5 Å². The maximum Gasteiger partial charge on any atom is 0.269 e. The van der Waals surface area contributed by atoms with E-state index in [1.165, 1.54) is 0 Å². The number of hydrogen-bond acceptors (Lipinski definition) is 5. The fourth-order valence-corrected chi connectivity index (χ4v) is 2.39. The molecule has 0 atom stereocenters. The molecule has 24 heavy (non-hydrogen) atoms. The van der Waals surface area contributed by atoms with Crippen molar-refractivity contribution in [1.82, 2.24) is 20.6 Å². The van der Waals surface area contributed by atoms with E-state index in [-0.39, 0.29) is 12.5 Å². The molecule has 3 rings (SSSR count). The standard InChI is InChI=1S/C16H18N4O4/c1-10-7-11(2)20(19-10)9-15(21)17-18-16(22)12-3-4-13-14(8-12)24-6-5-23-13/h3-4,7-8H,5-6,9H2,1-2H3,(H,17,21)(H,18,22). The molecule has 8 nitrogen and oxygen atoms in total. The number of rotatable bonds is 3. The van der Waals surface area contributed by atoms with Gasteiger partial charge in [-0.3, -0.25) is 25.1 Å². The molecule has 8 heteroatoms. The number of nitrogens with one attached hydrogen (secondary N) is 2. The Morgan fingerprint density at radius 1 is 1.12 bits per heavy atom. The predicted octanol–water partition coefficient (Wildman–Crippen LogP) is 0.732. The van der Waals surface area contributed by atoms with Crippen LogP contribution in [0.5, 0.6) is 11.5 Å². The van der Waals surface area contributed by atoms with E-state index in [4.69, 9.17) is 9.47 Å². The molecule has 0 spiro atoms. The molecule has 0 bridgehead atoms. The summed E-state index contributed by atoms with van der Waals surface area (Å²) in [6.07, 6.45) is 0. The number of aryl methyl sites for hydroxylation is 2. The number of amides is 2. The highest BCUT2D eigenvalue weighted by Crippen LogP contribution is 2.30. The van der Waals surface area contributed by atoms with Crippen molar-refractivity contribution in [2.75, 3.05) is 13.2 Å².